The molecule has 1 atom stereocenters. The van der Waals surface area contributed by atoms with Gasteiger partial charge in [0.2, 0.25) is 0 Å². The summed E-state index contributed by atoms with van der Waals surface area (Å²) in [5, 5.41) is 0. The van der Waals surface area contributed by atoms with Crippen molar-refractivity contribution in [1.82, 2.24) is 0 Å². The van der Waals surface area contributed by atoms with E-state index in [9.17, 15) is 14.4 Å². The number of hydrogen-bond donors (Lipinski definition) is 0. The molecule has 2 aromatic carbocycles. The second kappa shape index (κ2) is 10.2. The van der Waals surface area contributed by atoms with Crippen LogP contribution in [-0.2, 0) is 34.7 Å². The first-order chi connectivity index (χ1) is 15.4. The molecule has 6 heteroatoms. The van der Waals surface area contributed by atoms with Crippen LogP contribution in [-0.4, -0.2) is 31.1 Å². The van der Waals surface area contributed by atoms with Crippen LogP contribution in [0.25, 0.3) is 0 Å². The summed E-state index contributed by atoms with van der Waals surface area (Å²) in [5.74, 6) is -2.16. The van der Waals surface area contributed by atoms with Crippen LogP contribution < -0.4 is 4.74 Å². The Morgan fingerprint density at radius 3 is 1.58 bits per heavy atom. The third-order valence-corrected chi connectivity index (χ3v) is 6.06. The molecule has 0 heterocycles. The number of hydrogen-bond acceptors (Lipinski definition) is 6. The van der Waals surface area contributed by atoms with Crippen molar-refractivity contribution in [3.05, 3.63) is 65.7 Å². The van der Waals surface area contributed by atoms with E-state index in [1.807, 2.05) is 12.1 Å². The molecule has 2 rings (SSSR count). The normalized spacial score (nSPS) is 13.5. The molecule has 1 unspecified atom stereocenters. The Morgan fingerprint density at radius 2 is 1.15 bits per heavy atom. The molecule has 0 bridgehead atoms. The Labute approximate surface area is 196 Å². The molecule has 0 saturated carbocycles. The van der Waals surface area contributed by atoms with Crippen molar-refractivity contribution in [2.75, 3.05) is 13.2 Å². The highest BCUT2D eigenvalue weighted by atomic mass is 16.6. The molecule has 0 spiro atoms. The number of esters is 3. The first-order valence-corrected chi connectivity index (χ1v) is 11.2. The predicted molar refractivity (Wildman–Crippen MR) is 126 cm³/mol. The summed E-state index contributed by atoms with van der Waals surface area (Å²) < 4.78 is 16.2. The van der Waals surface area contributed by atoms with E-state index < -0.39 is 28.7 Å². The summed E-state index contributed by atoms with van der Waals surface area (Å²) in [6.45, 7) is 12.5. The van der Waals surface area contributed by atoms with Crippen LogP contribution in [0.5, 0.6) is 5.75 Å². The molecule has 0 saturated heterocycles. The highest BCUT2D eigenvalue weighted by molar-refractivity contribution is 6.07. The maximum atomic E-state index is 13.7. The lowest BCUT2D eigenvalue weighted by atomic mass is 9.61. The van der Waals surface area contributed by atoms with E-state index in [1.165, 1.54) is 13.8 Å². The zero-order chi connectivity index (χ0) is 24.9. The van der Waals surface area contributed by atoms with E-state index >= 15 is 0 Å². The largest absolute Gasteiger partial charge is 0.465 e. The highest BCUT2D eigenvalue weighted by Crippen LogP contribution is 2.45. The maximum Gasteiger partial charge on any atom is 0.324 e. The number of benzene rings is 2. The SMILES string of the molecule is CCOC(=O)C(C)(C(=O)OCC)C(C)(C(=O)Oc1ccc(C(C)(C)C)cc1)c1ccccc1. The van der Waals surface area contributed by atoms with E-state index in [4.69, 9.17) is 14.2 Å². The molecule has 6 nitrogen and oxygen atoms in total. The van der Waals surface area contributed by atoms with Gasteiger partial charge in [-0.25, -0.2) is 0 Å². The minimum absolute atomic E-state index is 0.0437. The van der Waals surface area contributed by atoms with Gasteiger partial charge in [-0.3, -0.25) is 14.4 Å². The second-order valence-corrected chi connectivity index (χ2v) is 9.22. The first kappa shape index (κ1) is 26.1. The fourth-order valence-electron chi connectivity index (χ4n) is 3.66. The second-order valence-electron chi connectivity index (χ2n) is 9.22. The lowest BCUT2D eigenvalue weighted by Gasteiger charge is -2.40. The molecule has 33 heavy (non-hydrogen) atoms. The molecule has 0 radical (unpaired) electrons. The number of ether oxygens (including phenoxy) is 3. The summed E-state index contributed by atoms with van der Waals surface area (Å²) in [6.07, 6.45) is 0. The van der Waals surface area contributed by atoms with E-state index in [0.29, 0.717) is 11.3 Å². The third kappa shape index (κ3) is 5.10. The van der Waals surface area contributed by atoms with Crippen molar-refractivity contribution in [2.45, 2.75) is 59.3 Å². The van der Waals surface area contributed by atoms with Gasteiger partial charge >= 0.3 is 17.9 Å². The van der Waals surface area contributed by atoms with Crippen molar-refractivity contribution < 1.29 is 28.6 Å². The van der Waals surface area contributed by atoms with Crippen molar-refractivity contribution >= 4 is 17.9 Å². The van der Waals surface area contributed by atoms with Gasteiger partial charge in [0.25, 0.3) is 0 Å². The van der Waals surface area contributed by atoms with Gasteiger partial charge in [0.05, 0.1) is 13.2 Å². The molecule has 0 amide bonds. The molecule has 0 aliphatic rings. The van der Waals surface area contributed by atoms with Gasteiger partial charge < -0.3 is 14.2 Å². The van der Waals surface area contributed by atoms with Crippen LogP contribution in [0.1, 0.15) is 59.6 Å². The van der Waals surface area contributed by atoms with Crippen LogP contribution in [0.4, 0.5) is 0 Å². The molecular weight excluding hydrogens is 420 g/mol. The molecule has 0 aliphatic heterocycles. The lowest BCUT2D eigenvalue weighted by Crippen LogP contribution is -2.59. The summed E-state index contributed by atoms with van der Waals surface area (Å²) in [6, 6.07) is 15.8. The smallest absolute Gasteiger partial charge is 0.324 e. The van der Waals surface area contributed by atoms with E-state index in [0.717, 1.165) is 5.56 Å². The summed E-state index contributed by atoms with van der Waals surface area (Å²) in [7, 11) is 0. The van der Waals surface area contributed by atoms with Gasteiger partial charge in [-0.05, 0) is 56.4 Å². The lowest BCUT2D eigenvalue weighted by molar-refractivity contribution is -0.181. The van der Waals surface area contributed by atoms with E-state index in [1.54, 1.807) is 56.3 Å². The Balaban J connectivity index is 2.61. The number of rotatable bonds is 8. The van der Waals surface area contributed by atoms with Crippen LogP contribution in [0, 0.1) is 5.41 Å². The van der Waals surface area contributed by atoms with Crippen molar-refractivity contribution in [2.24, 2.45) is 5.41 Å². The standard InChI is InChI=1S/C27H34O6/c1-8-31-22(28)27(7,23(29)32-9-2)26(6,20-13-11-10-12-14-20)24(30)33-21-17-15-19(16-18-21)25(3,4)5/h10-18H,8-9H2,1-7H3. The highest BCUT2D eigenvalue weighted by Gasteiger charge is 2.64. The predicted octanol–water partition coefficient (Wildman–Crippen LogP) is 4.98. The number of carbonyl (C=O) groups excluding carboxylic acids is 3. The fourth-order valence-corrected chi connectivity index (χ4v) is 3.66. The molecule has 0 aromatic heterocycles. The minimum atomic E-state index is -1.98. The summed E-state index contributed by atoms with van der Waals surface area (Å²) in [4.78, 5) is 40.1. The zero-order valence-electron chi connectivity index (χ0n) is 20.6. The van der Waals surface area contributed by atoms with Crippen LogP contribution in [0.3, 0.4) is 0 Å². The summed E-state index contributed by atoms with van der Waals surface area (Å²) >= 11 is 0. The van der Waals surface area contributed by atoms with Gasteiger partial charge in [-0.2, -0.15) is 0 Å². The van der Waals surface area contributed by atoms with Gasteiger partial charge in [0.1, 0.15) is 11.2 Å². The van der Waals surface area contributed by atoms with Gasteiger partial charge in [0, 0.05) is 0 Å². The van der Waals surface area contributed by atoms with Crippen LogP contribution >= 0.6 is 0 Å². The zero-order valence-corrected chi connectivity index (χ0v) is 20.6. The average Bonchev–Trinajstić information content (AvgIpc) is 2.78. The van der Waals surface area contributed by atoms with Crippen molar-refractivity contribution in [3.8, 4) is 5.75 Å². The molecule has 178 valence electrons. The first-order valence-electron chi connectivity index (χ1n) is 11.2. The quantitative estimate of drug-likeness (QED) is 0.318. The Bertz CT molecular complexity index is 954. The Morgan fingerprint density at radius 1 is 0.667 bits per heavy atom. The van der Waals surface area contributed by atoms with Crippen molar-refractivity contribution in [1.29, 1.82) is 0 Å². The summed E-state index contributed by atoms with van der Waals surface area (Å²) in [5.41, 5.74) is -2.26. The monoisotopic (exact) mass is 454 g/mol. The van der Waals surface area contributed by atoms with Crippen LogP contribution in [0.2, 0.25) is 0 Å². The third-order valence-electron chi connectivity index (χ3n) is 6.06. The fraction of sp³-hybridized carbons (Fsp3) is 0.444. The minimum Gasteiger partial charge on any atom is -0.465 e. The van der Waals surface area contributed by atoms with E-state index in [-0.39, 0.29) is 18.6 Å². The molecule has 0 aliphatic carbocycles. The molecule has 0 fully saturated rings. The van der Waals surface area contributed by atoms with Gasteiger partial charge in [-0.15, -0.1) is 0 Å². The molecule has 0 N–H and O–H groups in total. The number of carbonyl (C=O) groups is 3. The van der Waals surface area contributed by atoms with Crippen molar-refractivity contribution in [3.63, 3.8) is 0 Å². The molecular formula is C27H34O6. The van der Waals surface area contributed by atoms with E-state index in [2.05, 4.69) is 20.8 Å². The topological polar surface area (TPSA) is 78.9 Å². The Hall–Kier alpha value is -3.15. The van der Waals surface area contributed by atoms with Gasteiger partial charge in [-0.1, -0.05) is 63.2 Å². The van der Waals surface area contributed by atoms with Gasteiger partial charge in [0.15, 0.2) is 5.41 Å². The average molecular weight is 455 g/mol. The van der Waals surface area contributed by atoms with Crippen LogP contribution in [0.15, 0.2) is 54.6 Å². The Kier molecular flexibility index (Phi) is 8.06. The maximum absolute atomic E-state index is 13.7. The molecule has 2 aromatic rings.